The minimum atomic E-state index is -0.414. The zero-order valence-electron chi connectivity index (χ0n) is 15.8. The molecule has 3 aromatic rings. The molecular formula is C23H21N3O2S. The largest absolute Gasteiger partial charge is 0.507 e. The first-order valence-corrected chi connectivity index (χ1v) is 10.3. The van der Waals surface area contributed by atoms with Gasteiger partial charge in [0.25, 0.3) is 0 Å². The summed E-state index contributed by atoms with van der Waals surface area (Å²) in [6, 6.07) is 23.1. The van der Waals surface area contributed by atoms with Crippen LogP contribution in [0.15, 0.2) is 87.6 Å². The maximum Gasteiger partial charge on any atom is 0.340 e. The van der Waals surface area contributed by atoms with Crippen LogP contribution in [0.1, 0.15) is 12.0 Å². The van der Waals surface area contributed by atoms with Crippen molar-refractivity contribution in [1.82, 2.24) is 5.32 Å². The number of amides is 2. The van der Waals surface area contributed by atoms with Crippen molar-refractivity contribution in [1.29, 1.82) is 0 Å². The smallest absolute Gasteiger partial charge is 0.340 e. The number of aliphatic imine (C=N–C) groups is 1. The fourth-order valence-electron chi connectivity index (χ4n) is 3.23. The number of rotatable bonds is 5. The summed E-state index contributed by atoms with van der Waals surface area (Å²) >= 11 is 1.79. The lowest BCUT2D eigenvalue weighted by Gasteiger charge is -2.32. The minimum Gasteiger partial charge on any atom is -0.507 e. The number of urea groups is 1. The molecule has 2 amide bonds. The van der Waals surface area contributed by atoms with E-state index in [9.17, 15) is 9.90 Å². The first-order chi connectivity index (χ1) is 14.2. The molecule has 4 rings (SSSR count). The molecule has 0 saturated carbocycles. The summed E-state index contributed by atoms with van der Waals surface area (Å²) in [4.78, 5) is 20.6. The van der Waals surface area contributed by atoms with Gasteiger partial charge in [0, 0.05) is 34.7 Å². The van der Waals surface area contributed by atoms with Gasteiger partial charge < -0.3 is 15.3 Å². The average Bonchev–Trinajstić information content (AvgIpc) is 2.75. The third-order valence-corrected chi connectivity index (χ3v) is 5.75. The summed E-state index contributed by atoms with van der Waals surface area (Å²) in [5.74, 6) is 0.101. The van der Waals surface area contributed by atoms with Crippen molar-refractivity contribution < 1.29 is 9.90 Å². The number of carbonyl (C=O) groups is 1. The molecule has 0 saturated heterocycles. The van der Waals surface area contributed by atoms with Gasteiger partial charge in [-0.3, -0.25) is 0 Å². The van der Waals surface area contributed by atoms with E-state index in [2.05, 4.69) is 63.7 Å². The Morgan fingerprint density at radius 1 is 0.966 bits per heavy atom. The molecule has 29 heavy (non-hydrogen) atoms. The molecular weight excluding hydrogens is 382 g/mol. The average molecular weight is 404 g/mol. The Morgan fingerprint density at radius 3 is 2.28 bits per heavy atom. The van der Waals surface area contributed by atoms with Crippen molar-refractivity contribution >= 4 is 35.4 Å². The van der Waals surface area contributed by atoms with Crippen LogP contribution in [0.25, 0.3) is 0 Å². The Bertz CT molecular complexity index is 1010. The van der Waals surface area contributed by atoms with Crippen LogP contribution in [0.4, 0.5) is 16.2 Å². The van der Waals surface area contributed by atoms with Crippen LogP contribution in [-0.2, 0) is 0 Å². The van der Waals surface area contributed by atoms with E-state index in [0.717, 1.165) is 13.0 Å². The maximum atomic E-state index is 12.0. The number of aromatic hydroxyl groups is 1. The highest BCUT2D eigenvalue weighted by molar-refractivity contribution is 7.99. The van der Waals surface area contributed by atoms with Gasteiger partial charge in [-0.05, 0) is 42.8 Å². The molecule has 3 aromatic carbocycles. The van der Waals surface area contributed by atoms with Gasteiger partial charge >= 0.3 is 6.03 Å². The summed E-state index contributed by atoms with van der Waals surface area (Å²) in [6.07, 6.45) is 2.16. The van der Waals surface area contributed by atoms with Gasteiger partial charge in [0.15, 0.2) is 0 Å². The molecule has 2 N–H and O–H groups in total. The quantitative estimate of drug-likeness (QED) is 0.453. The first kappa shape index (κ1) is 19.1. The number of benzene rings is 3. The van der Waals surface area contributed by atoms with Crippen molar-refractivity contribution in [2.45, 2.75) is 16.2 Å². The normalized spacial score (nSPS) is 12.5. The van der Waals surface area contributed by atoms with Crippen LogP contribution in [0.3, 0.4) is 0 Å². The zero-order chi connectivity index (χ0) is 20.1. The number of phenolic OH excluding ortho intramolecular Hbond substituents is 1. The number of phenols is 1. The SMILES string of the molecule is O=C(/N=C/c1ccccc1O)NCCCN1c2ccccc2Sc2ccccc21. The highest BCUT2D eigenvalue weighted by Crippen LogP contribution is 2.47. The molecule has 6 heteroatoms. The lowest BCUT2D eigenvalue weighted by Crippen LogP contribution is -2.27. The van der Waals surface area contributed by atoms with Crippen molar-refractivity contribution in [2.24, 2.45) is 4.99 Å². The zero-order valence-corrected chi connectivity index (χ0v) is 16.6. The van der Waals surface area contributed by atoms with Crippen LogP contribution in [0, 0.1) is 0 Å². The van der Waals surface area contributed by atoms with Crippen LogP contribution >= 0.6 is 11.8 Å². The molecule has 0 atom stereocenters. The number of hydrogen-bond acceptors (Lipinski definition) is 4. The molecule has 0 aliphatic carbocycles. The molecule has 0 aromatic heterocycles. The van der Waals surface area contributed by atoms with Crippen LogP contribution in [-0.4, -0.2) is 30.4 Å². The fraction of sp³-hybridized carbons (Fsp3) is 0.130. The fourth-order valence-corrected chi connectivity index (χ4v) is 4.32. The van der Waals surface area contributed by atoms with Gasteiger partial charge in [-0.25, -0.2) is 9.79 Å². The molecule has 0 unspecified atom stereocenters. The van der Waals surface area contributed by atoms with Gasteiger partial charge in [0.2, 0.25) is 0 Å². The molecule has 0 fully saturated rings. The number of para-hydroxylation sites is 3. The molecule has 1 aliphatic heterocycles. The van der Waals surface area contributed by atoms with E-state index in [-0.39, 0.29) is 5.75 Å². The van der Waals surface area contributed by atoms with Gasteiger partial charge in [0.05, 0.1) is 11.4 Å². The molecule has 5 nitrogen and oxygen atoms in total. The third-order valence-electron chi connectivity index (χ3n) is 4.62. The van der Waals surface area contributed by atoms with E-state index in [1.807, 2.05) is 0 Å². The van der Waals surface area contributed by atoms with Crippen molar-refractivity contribution in [3.63, 3.8) is 0 Å². The van der Waals surface area contributed by atoms with Gasteiger partial charge in [-0.2, -0.15) is 0 Å². The third kappa shape index (κ3) is 4.43. The molecule has 0 bridgehead atoms. The predicted octanol–water partition coefficient (Wildman–Crippen LogP) is 5.21. The lowest BCUT2D eigenvalue weighted by molar-refractivity contribution is 0.249. The molecule has 1 heterocycles. The van der Waals surface area contributed by atoms with Gasteiger partial charge in [0.1, 0.15) is 5.75 Å². The second-order valence-corrected chi connectivity index (χ2v) is 7.68. The Kier molecular flexibility index (Phi) is 5.81. The number of hydrogen-bond donors (Lipinski definition) is 2. The van der Waals surface area contributed by atoms with E-state index in [4.69, 9.17) is 0 Å². The van der Waals surface area contributed by atoms with Gasteiger partial charge in [-0.15, -0.1) is 0 Å². The number of anilines is 2. The molecule has 0 radical (unpaired) electrons. The number of nitrogens with zero attached hydrogens (tertiary/aromatic N) is 2. The monoisotopic (exact) mass is 403 g/mol. The minimum absolute atomic E-state index is 0.101. The summed E-state index contributed by atoms with van der Waals surface area (Å²) in [5.41, 5.74) is 2.90. The Morgan fingerprint density at radius 2 is 1.59 bits per heavy atom. The van der Waals surface area contributed by atoms with E-state index < -0.39 is 6.03 Å². The summed E-state index contributed by atoms with van der Waals surface area (Å²) in [6.45, 7) is 1.31. The van der Waals surface area contributed by atoms with Crippen LogP contribution in [0.2, 0.25) is 0 Å². The van der Waals surface area contributed by atoms with Crippen LogP contribution in [0.5, 0.6) is 5.75 Å². The predicted molar refractivity (Wildman–Crippen MR) is 118 cm³/mol. The summed E-state index contributed by atoms with van der Waals surface area (Å²) in [5, 5.41) is 12.5. The van der Waals surface area contributed by atoms with Gasteiger partial charge in [-0.1, -0.05) is 48.2 Å². The summed E-state index contributed by atoms with van der Waals surface area (Å²) < 4.78 is 0. The summed E-state index contributed by atoms with van der Waals surface area (Å²) in [7, 11) is 0. The van der Waals surface area contributed by atoms with E-state index >= 15 is 0 Å². The van der Waals surface area contributed by atoms with E-state index in [1.54, 1.807) is 36.0 Å². The highest BCUT2D eigenvalue weighted by Gasteiger charge is 2.22. The molecule has 1 aliphatic rings. The van der Waals surface area contributed by atoms with Crippen molar-refractivity contribution in [2.75, 3.05) is 18.0 Å². The number of fused-ring (bicyclic) bond motifs is 2. The molecule has 0 spiro atoms. The lowest BCUT2D eigenvalue weighted by atomic mass is 10.2. The Hall–Kier alpha value is -3.25. The molecule has 146 valence electrons. The van der Waals surface area contributed by atoms with Crippen molar-refractivity contribution in [3.05, 3.63) is 78.4 Å². The number of nitrogens with one attached hydrogen (secondary N) is 1. The second-order valence-electron chi connectivity index (χ2n) is 6.59. The topological polar surface area (TPSA) is 64.9 Å². The van der Waals surface area contributed by atoms with E-state index in [1.165, 1.54) is 27.4 Å². The highest BCUT2D eigenvalue weighted by atomic mass is 32.2. The Labute approximate surface area is 174 Å². The first-order valence-electron chi connectivity index (χ1n) is 9.46. The Balaban J connectivity index is 1.35. The standard InChI is InChI=1S/C23H21N3O2S/c27-20-11-4-1-8-17(20)16-25-23(28)24-14-7-15-26-18-9-2-5-12-21(18)29-22-13-6-3-10-19(22)26/h1-6,8-13,16,27H,7,14-15H2,(H,24,28)/b25-16+. The second kappa shape index (κ2) is 8.84. The van der Waals surface area contributed by atoms with Crippen molar-refractivity contribution in [3.8, 4) is 5.75 Å². The number of carbonyl (C=O) groups excluding carboxylic acids is 1. The van der Waals surface area contributed by atoms with E-state index in [0.29, 0.717) is 12.1 Å². The van der Waals surface area contributed by atoms with Crippen LogP contribution < -0.4 is 10.2 Å². The maximum absolute atomic E-state index is 12.0.